The number of rotatable bonds is 4. The van der Waals surface area contributed by atoms with Crippen LogP contribution in [0.1, 0.15) is 22.9 Å². The molecule has 0 saturated carbocycles. The summed E-state index contributed by atoms with van der Waals surface area (Å²) < 4.78 is 4.77. The highest BCUT2D eigenvalue weighted by Crippen LogP contribution is 2.30. The number of benzene rings is 3. The molecule has 2 nitrogen and oxygen atoms in total. The smallest absolute Gasteiger partial charge is 0.129 e. The van der Waals surface area contributed by atoms with Crippen LogP contribution in [0.25, 0.3) is 27.9 Å². The molecule has 29 heavy (non-hydrogen) atoms. The number of allylic oxidation sites excluding steroid dienone is 1. The SMILES string of the molecule is Cc1cn(C(/C=C/c2ccccc2)n2cc(C)c3ccccc32)c2ccccc12. The minimum atomic E-state index is 0.0485. The first-order chi connectivity index (χ1) is 14.2. The minimum absolute atomic E-state index is 0.0485. The first-order valence-electron chi connectivity index (χ1n) is 10.1. The van der Waals surface area contributed by atoms with Gasteiger partial charge in [-0.2, -0.15) is 0 Å². The maximum atomic E-state index is 2.38. The fourth-order valence-electron chi connectivity index (χ4n) is 4.28. The largest absolute Gasteiger partial charge is 0.322 e. The van der Waals surface area contributed by atoms with Crippen LogP contribution in [0.3, 0.4) is 0 Å². The molecule has 2 heterocycles. The van der Waals surface area contributed by atoms with Crippen LogP contribution < -0.4 is 0 Å². The van der Waals surface area contributed by atoms with Crippen LogP contribution in [0.4, 0.5) is 0 Å². The van der Waals surface area contributed by atoms with Crippen molar-refractivity contribution < 1.29 is 0 Å². The molecular formula is C27H24N2. The van der Waals surface area contributed by atoms with Crippen molar-refractivity contribution in [2.75, 3.05) is 0 Å². The number of aromatic nitrogens is 2. The molecule has 0 saturated heterocycles. The maximum absolute atomic E-state index is 2.38. The average Bonchev–Trinajstić information content (AvgIpc) is 3.27. The predicted molar refractivity (Wildman–Crippen MR) is 123 cm³/mol. The third-order valence-corrected chi connectivity index (χ3v) is 5.71. The number of para-hydroxylation sites is 2. The third-order valence-electron chi connectivity index (χ3n) is 5.71. The normalized spacial score (nSPS) is 12.0. The molecule has 0 radical (unpaired) electrons. The van der Waals surface area contributed by atoms with Gasteiger partial charge in [-0.05, 0) is 48.7 Å². The maximum Gasteiger partial charge on any atom is 0.129 e. The van der Waals surface area contributed by atoms with Gasteiger partial charge in [-0.25, -0.2) is 0 Å². The van der Waals surface area contributed by atoms with Crippen molar-refractivity contribution in [3.05, 3.63) is 114 Å². The number of hydrogen-bond donors (Lipinski definition) is 0. The zero-order valence-electron chi connectivity index (χ0n) is 16.8. The topological polar surface area (TPSA) is 9.86 Å². The van der Waals surface area contributed by atoms with Gasteiger partial charge >= 0.3 is 0 Å². The Morgan fingerprint density at radius 3 is 1.66 bits per heavy atom. The quantitative estimate of drug-likeness (QED) is 0.320. The molecule has 142 valence electrons. The van der Waals surface area contributed by atoms with E-state index < -0.39 is 0 Å². The van der Waals surface area contributed by atoms with Gasteiger partial charge in [0.15, 0.2) is 0 Å². The molecule has 0 aliphatic rings. The van der Waals surface area contributed by atoms with Crippen molar-refractivity contribution in [2.24, 2.45) is 0 Å². The molecule has 0 fully saturated rings. The summed E-state index contributed by atoms with van der Waals surface area (Å²) in [7, 11) is 0. The van der Waals surface area contributed by atoms with E-state index in [2.05, 4.69) is 126 Å². The lowest BCUT2D eigenvalue weighted by atomic mass is 10.2. The second-order valence-corrected chi connectivity index (χ2v) is 7.66. The minimum Gasteiger partial charge on any atom is -0.322 e. The molecule has 3 aromatic carbocycles. The lowest BCUT2D eigenvalue weighted by Crippen LogP contribution is -2.14. The first-order valence-corrected chi connectivity index (χ1v) is 10.1. The molecule has 0 unspecified atom stereocenters. The highest BCUT2D eigenvalue weighted by Gasteiger charge is 2.17. The highest BCUT2D eigenvalue weighted by molar-refractivity contribution is 5.85. The number of hydrogen-bond acceptors (Lipinski definition) is 0. The molecule has 5 aromatic rings. The van der Waals surface area contributed by atoms with E-state index in [0.29, 0.717) is 0 Å². The van der Waals surface area contributed by atoms with Crippen molar-refractivity contribution in [1.29, 1.82) is 0 Å². The van der Waals surface area contributed by atoms with E-state index in [1.165, 1.54) is 38.5 Å². The van der Waals surface area contributed by atoms with Crippen LogP contribution in [0.5, 0.6) is 0 Å². The fourth-order valence-corrected chi connectivity index (χ4v) is 4.28. The van der Waals surface area contributed by atoms with Gasteiger partial charge in [0, 0.05) is 23.2 Å². The molecule has 0 aliphatic heterocycles. The van der Waals surface area contributed by atoms with Crippen LogP contribution in [0.2, 0.25) is 0 Å². The van der Waals surface area contributed by atoms with Crippen LogP contribution in [-0.2, 0) is 0 Å². The van der Waals surface area contributed by atoms with Crippen LogP contribution in [0, 0.1) is 13.8 Å². The lowest BCUT2D eigenvalue weighted by molar-refractivity contribution is 0.553. The second-order valence-electron chi connectivity index (χ2n) is 7.66. The van der Waals surface area contributed by atoms with Crippen LogP contribution >= 0.6 is 0 Å². The molecule has 2 heteroatoms. The van der Waals surface area contributed by atoms with Crippen LogP contribution in [-0.4, -0.2) is 9.13 Å². The Balaban J connectivity index is 1.74. The Labute approximate surface area is 171 Å². The highest BCUT2D eigenvalue weighted by atomic mass is 15.2. The van der Waals surface area contributed by atoms with Crippen molar-refractivity contribution in [3.8, 4) is 0 Å². The van der Waals surface area contributed by atoms with Crippen molar-refractivity contribution in [3.63, 3.8) is 0 Å². The van der Waals surface area contributed by atoms with E-state index in [1.807, 2.05) is 0 Å². The fraction of sp³-hybridized carbons (Fsp3) is 0.111. The Morgan fingerprint density at radius 1 is 0.621 bits per heavy atom. The summed E-state index contributed by atoms with van der Waals surface area (Å²) in [6, 6.07) is 27.8. The Hall–Kier alpha value is -3.52. The standard InChI is InChI=1S/C27H24N2/c1-20-18-28(25-14-8-6-12-23(20)25)27(17-16-22-10-4-3-5-11-22)29-19-21(2)24-13-7-9-15-26(24)29/h3-19,27H,1-2H3/b17-16+. The first kappa shape index (κ1) is 17.6. The summed E-state index contributed by atoms with van der Waals surface area (Å²) in [6.07, 6.45) is 9.11. The van der Waals surface area contributed by atoms with Gasteiger partial charge in [0.05, 0.1) is 11.0 Å². The Kier molecular flexibility index (Phi) is 4.33. The molecule has 0 atom stereocenters. The van der Waals surface area contributed by atoms with Crippen molar-refractivity contribution >= 4 is 27.9 Å². The molecular weight excluding hydrogens is 352 g/mol. The summed E-state index contributed by atoms with van der Waals surface area (Å²) >= 11 is 0. The van der Waals surface area contributed by atoms with E-state index in [1.54, 1.807) is 0 Å². The third kappa shape index (κ3) is 3.07. The molecule has 0 amide bonds. The average molecular weight is 377 g/mol. The van der Waals surface area contributed by atoms with Crippen molar-refractivity contribution in [2.45, 2.75) is 20.0 Å². The van der Waals surface area contributed by atoms with E-state index in [0.717, 1.165) is 0 Å². The number of nitrogens with zero attached hydrogens (tertiary/aromatic N) is 2. The van der Waals surface area contributed by atoms with Gasteiger partial charge in [-0.15, -0.1) is 0 Å². The summed E-state index contributed by atoms with van der Waals surface area (Å²) in [4.78, 5) is 0. The molecule has 0 aliphatic carbocycles. The predicted octanol–water partition coefficient (Wildman–Crippen LogP) is 6.97. The Morgan fingerprint density at radius 2 is 1.10 bits per heavy atom. The van der Waals surface area contributed by atoms with Gasteiger partial charge in [0.1, 0.15) is 6.17 Å². The number of fused-ring (bicyclic) bond motifs is 2. The zero-order valence-corrected chi connectivity index (χ0v) is 16.8. The monoisotopic (exact) mass is 376 g/mol. The lowest BCUT2D eigenvalue weighted by Gasteiger charge is -2.20. The van der Waals surface area contributed by atoms with E-state index >= 15 is 0 Å². The van der Waals surface area contributed by atoms with Crippen molar-refractivity contribution in [1.82, 2.24) is 9.13 Å². The van der Waals surface area contributed by atoms with E-state index in [4.69, 9.17) is 0 Å². The van der Waals surface area contributed by atoms with Gasteiger partial charge in [-0.1, -0.05) is 72.8 Å². The van der Waals surface area contributed by atoms with Gasteiger partial charge in [0.25, 0.3) is 0 Å². The van der Waals surface area contributed by atoms with E-state index in [-0.39, 0.29) is 6.17 Å². The summed E-state index contributed by atoms with van der Waals surface area (Å²) in [5.41, 5.74) is 6.31. The molecule has 0 spiro atoms. The molecule has 0 bridgehead atoms. The molecule has 2 aromatic heterocycles. The van der Waals surface area contributed by atoms with Gasteiger partial charge < -0.3 is 9.13 Å². The van der Waals surface area contributed by atoms with Gasteiger partial charge in [0.2, 0.25) is 0 Å². The van der Waals surface area contributed by atoms with Gasteiger partial charge in [-0.3, -0.25) is 0 Å². The van der Waals surface area contributed by atoms with Crippen LogP contribution in [0.15, 0.2) is 97.3 Å². The summed E-state index contributed by atoms with van der Waals surface area (Å²) in [5.74, 6) is 0. The zero-order chi connectivity index (χ0) is 19.8. The molecule has 0 N–H and O–H groups in total. The summed E-state index contributed by atoms with van der Waals surface area (Å²) in [5, 5.41) is 2.61. The van der Waals surface area contributed by atoms with E-state index in [9.17, 15) is 0 Å². The second kappa shape index (κ2) is 7.14. The molecule has 5 rings (SSSR count). The number of aryl methyl sites for hydroxylation is 2. The Bertz CT molecular complexity index is 1240. The summed E-state index contributed by atoms with van der Waals surface area (Å²) in [6.45, 7) is 4.38.